The molecule has 2 unspecified atom stereocenters. The number of nitrogens with zero attached hydrogens (tertiary/aromatic N) is 2. The van der Waals surface area contributed by atoms with Crippen molar-refractivity contribution in [1.29, 1.82) is 0 Å². The Hall–Kier alpha value is -0.780. The highest BCUT2D eigenvalue weighted by molar-refractivity contribution is 5.85. The number of H-pyrrole nitrogens is 1. The first-order valence-electron chi connectivity index (χ1n) is 6.23. The minimum absolute atomic E-state index is 0. The molecule has 3 N–H and O–H groups in total. The molecule has 1 aromatic heterocycles. The van der Waals surface area contributed by atoms with Crippen LogP contribution in [-0.2, 0) is 4.79 Å². The topological polar surface area (TPSA) is 75.0 Å². The first-order chi connectivity index (χ1) is 8.24. The third kappa shape index (κ3) is 4.09. The van der Waals surface area contributed by atoms with Crippen molar-refractivity contribution in [2.75, 3.05) is 13.1 Å². The number of piperidine rings is 1. The summed E-state index contributed by atoms with van der Waals surface area (Å²) in [5.41, 5.74) is 6.68. The largest absolute Gasteiger partial charge is 0.335 e. The third-order valence-electron chi connectivity index (χ3n) is 3.47. The molecule has 0 spiro atoms. The molecule has 2 atom stereocenters. The molecule has 1 saturated heterocycles. The van der Waals surface area contributed by atoms with Gasteiger partial charge >= 0.3 is 0 Å². The SMILES string of the molecule is CC(CN)C(=O)N1CCCCC1c1cn[nH]c1.Cl.Cl. The highest BCUT2D eigenvalue weighted by Gasteiger charge is 2.30. The average Bonchev–Trinajstić information content (AvgIpc) is 2.90. The zero-order chi connectivity index (χ0) is 12.3. The second-order valence-corrected chi connectivity index (χ2v) is 4.71. The molecule has 0 saturated carbocycles. The fraction of sp³-hybridized carbons (Fsp3) is 0.667. The van der Waals surface area contributed by atoms with Gasteiger partial charge in [-0.3, -0.25) is 9.89 Å². The zero-order valence-electron chi connectivity index (χ0n) is 11.0. The van der Waals surface area contributed by atoms with Gasteiger partial charge in [-0.25, -0.2) is 0 Å². The van der Waals surface area contributed by atoms with Gasteiger partial charge in [0, 0.05) is 30.8 Å². The lowest BCUT2D eigenvalue weighted by molar-refractivity contribution is -0.138. The number of rotatable bonds is 3. The van der Waals surface area contributed by atoms with E-state index in [1.165, 1.54) is 0 Å². The molecular formula is C12H22Cl2N4O. The second kappa shape index (κ2) is 8.40. The van der Waals surface area contributed by atoms with Crippen LogP contribution < -0.4 is 5.73 Å². The molecule has 1 aromatic rings. The van der Waals surface area contributed by atoms with Crippen LogP contribution in [0.5, 0.6) is 0 Å². The Morgan fingerprint density at radius 2 is 2.32 bits per heavy atom. The highest BCUT2D eigenvalue weighted by atomic mass is 35.5. The second-order valence-electron chi connectivity index (χ2n) is 4.71. The van der Waals surface area contributed by atoms with Crippen LogP contribution in [-0.4, -0.2) is 34.1 Å². The molecule has 7 heteroatoms. The van der Waals surface area contributed by atoms with Crippen LogP contribution in [0.3, 0.4) is 0 Å². The molecule has 0 aliphatic carbocycles. The summed E-state index contributed by atoms with van der Waals surface area (Å²) < 4.78 is 0. The number of aromatic nitrogens is 2. The fourth-order valence-corrected chi connectivity index (χ4v) is 2.37. The summed E-state index contributed by atoms with van der Waals surface area (Å²) in [5.74, 6) is 0.0703. The van der Waals surface area contributed by atoms with Crippen molar-refractivity contribution < 1.29 is 4.79 Å². The van der Waals surface area contributed by atoms with E-state index in [1.54, 1.807) is 0 Å². The van der Waals surface area contributed by atoms with E-state index in [-0.39, 0.29) is 42.7 Å². The summed E-state index contributed by atoms with van der Waals surface area (Å²) >= 11 is 0. The number of nitrogens with one attached hydrogen (secondary N) is 1. The molecule has 1 fully saturated rings. The van der Waals surface area contributed by atoms with Crippen LogP contribution in [0.1, 0.15) is 37.8 Å². The van der Waals surface area contributed by atoms with Crippen molar-refractivity contribution in [2.24, 2.45) is 11.7 Å². The van der Waals surface area contributed by atoms with Gasteiger partial charge < -0.3 is 10.6 Å². The molecule has 2 heterocycles. The van der Waals surface area contributed by atoms with Gasteiger partial charge in [0.1, 0.15) is 0 Å². The van der Waals surface area contributed by atoms with Gasteiger partial charge in [0.25, 0.3) is 0 Å². The summed E-state index contributed by atoms with van der Waals surface area (Å²) in [7, 11) is 0. The van der Waals surface area contributed by atoms with Crippen LogP contribution in [0.15, 0.2) is 12.4 Å². The maximum Gasteiger partial charge on any atom is 0.227 e. The molecule has 1 aliphatic heterocycles. The van der Waals surface area contributed by atoms with Gasteiger partial charge in [0.05, 0.1) is 12.2 Å². The number of amides is 1. The number of hydrogen-bond acceptors (Lipinski definition) is 3. The van der Waals surface area contributed by atoms with E-state index in [9.17, 15) is 4.79 Å². The maximum absolute atomic E-state index is 12.3. The van der Waals surface area contributed by atoms with E-state index < -0.39 is 0 Å². The molecule has 2 rings (SSSR count). The van der Waals surface area contributed by atoms with E-state index in [4.69, 9.17) is 5.73 Å². The van der Waals surface area contributed by atoms with E-state index in [0.29, 0.717) is 6.54 Å². The van der Waals surface area contributed by atoms with Gasteiger partial charge in [-0.2, -0.15) is 5.10 Å². The molecule has 0 bridgehead atoms. The molecule has 0 aromatic carbocycles. The van der Waals surface area contributed by atoms with Crippen molar-refractivity contribution in [3.05, 3.63) is 18.0 Å². The molecule has 0 radical (unpaired) electrons. The number of likely N-dealkylation sites (tertiary alicyclic amines) is 1. The lowest BCUT2D eigenvalue weighted by Gasteiger charge is -2.36. The Morgan fingerprint density at radius 3 is 2.89 bits per heavy atom. The molecule has 110 valence electrons. The lowest BCUT2D eigenvalue weighted by Crippen LogP contribution is -2.42. The number of nitrogens with two attached hydrogens (primary N) is 1. The van der Waals surface area contributed by atoms with E-state index in [0.717, 1.165) is 31.4 Å². The van der Waals surface area contributed by atoms with Crippen molar-refractivity contribution in [1.82, 2.24) is 15.1 Å². The third-order valence-corrected chi connectivity index (χ3v) is 3.47. The van der Waals surface area contributed by atoms with Crippen molar-refractivity contribution in [2.45, 2.75) is 32.2 Å². The smallest absolute Gasteiger partial charge is 0.227 e. The molecule has 19 heavy (non-hydrogen) atoms. The van der Waals surface area contributed by atoms with Crippen LogP contribution in [0.4, 0.5) is 0 Å². The molecule has 1 aliphatic rings. The molecular weight excluding hydrogens is 287 g/mol. The Kier molecular flexibility index (Phi) is 8.06. The minimum Gasteiger partial charge on any atom is -0.335 e. The number of carbonyl (C=O) groups is 1. The summed E-state index contributed by atoms with van der Waals surface area (Å²) in [6.07, 6.45) is 6.95. The Balaban J connectivity index is 0.00000162. The van der Waals surface area contributed by atoms with E-state index in [1.807, 2.05) is 24.2 Å². The molecule has 1 amide bonds. The average molecular weight is 309 g/mol. The summed E-state index contributed by atoms with van der Waals surface area (Å²) in [6.45, 7) is 3.13. The van der Waals surface area contributed by atoms with Crippen molar-refractivity contribution >= 4 is 30.7 Å². The van der Waals surface area contributed by atoms with Crippen LogP contribution >= 0.6 is 24.8 Å². The minimum atomic E-state index is -0.0949. The number of aromatic amines is 1. The van der Waals surface area contributed by atoms with Gasteiger partial charge in [-0.05, 0) is 19.3 Å². The molecule has 5 nitrogen and oxygen atoms in total. The van der Waals surface area contributed by atoms with Gasteiger partial charge in [0.2, 0.25) is 5.91 Å². The van der Waals surface area contributed by atoms with Gasteiger partial charge in [-0.1, -0.05) is 6.92 Å². The van der Waals surface area contributed by atoms with Gasteiger partial charge in [0.15, 0.2) is 0 Å². The summed E-state index contributed by atoms with van der Waals surface area (Å²) in [6, 6.07) is 0.170. The zero-order valence-corrected chi connectivity index (χ0v) is 12.7. The quantitative estimate of drug-likeness (QED) is 0.895. The first-order valence-corrected chi connectivity index (χ1v) is 6.23. The number of hydrogen-bond donors (Lipinski definition) is 2. The Bertz CT molecular complexity index is 372. The van der Waals surface area contributed by atoms with E-state index >= 15 is 0 Å². The number of halogens is 2. The standard InChI is InChI=1S/C12H20N4O.2ClH/c1-9(6-13)12(17)16-5-3-2-4-11(16)10-7-14-15-8-10;;/h7-9,11H,2-6,13H2,1H3,(H,14,15);2*1H. The fourth-order valence-electron chi connectivity index (χ4n) is 2.37. The lowest BCUT2D eigenvalue weighted by atomic mass is 9.96. The predicted octanol–water partition coefficient (Wildman–Crippen LogP) is 1.90. The Morgan fingerprint density at radius 1 is 1.58 bits per heavy atom. The monoisotopic (exact) mass is 308 g/mol. The van der Waals surface area contributed by atoms with E-state index in [2.05, 4.69) is 10.2 Å². The predicted molar refractivity (Wildman–Crippen MR) is 79.6 cm³/mol. The summed E-state index contributed by atoms with van der Waals surface area (Å²) in [4.78, 5) is 14.2. The highest BCUT2D eigenvalue weighted by Crippen LogP contribution is 2.31. The normalized spacial score (nSPS) is 20.1. The Labute approximate surface area is 126 Å². The van der Waals surface area contributed by atoms with Crippen LogP contribution in [0, 0.1) is 5.92 Å². The van der Waals surface area contributed by atoms with Gasteiger partial charge in [-0.15, -0.1) is 24.8 Å². The maximum atomic E-state index is 12.3. The van der Waals surface area contributed by atoms with Crippen molar-refractivity contribution in [3.63, 3.8) is 0 Å². The summed E-state index contributed by atoms with van der Waals surface area (Å²) in [5, 5.41) is 6.79. The van der Waals surface area contributed by atoms with Crippen LogP contribution in [0.2, 0.25) is 0 Å². The first kappa shape index (κ1) is 18.2. The van der Waals surface area contributed by atoms with Crippen LogP contribution in [0.25, 0.3) is 0 Å². The number of carbonyl (C=O) groups excluding carboxylic acids is 1. The van der Waals surface area contributed by atoms with Crippen molar-refractivity contribution in [3.8, 4) is 0 Å².